The molecule has 100 valence electrons. The summed E-state index contributed by atoms with van der Waals surface area (Å²) < 4.78 is 1.11. The number of hydrogen-bond donors (Lipinski definition) is 1. The van der Waals surface area contributed by atoms with Gasteiger partial charge in [-0.25, -0.2) is 0 Å². The summed E-state index contributed by atoms with van der Waals surface area (Å²) >= 11 is 8.52. The highest BCUT2D eigenvalue weighted by molar-refractivity contribution is 9.10. The van der Waals surface area contributed by atoms with Crippen LogP contribution in [0, 0.1) is 5.41 Å². The second kappa shape index (κ2) is 6.64. The molecule has 0 saturated carbocycles. The van der Waals surface area contributed by atoms with Crippen LogP contribution in [0.15, 0.2) is 28.7 Å². The lowest BCUT2D eigenvalue weighted by atomic mass is 9.89. The highest BCUT2D eigenvalue weighted by Crippen LogP contribution is 2.21. The number of nitrogens with two attached hydrogens (primary N) is 1. The van der Waals surface area contributed by atoms with Crippen LogP contribution in [0.5, 0.6) is 0 Å². The quantitative estimate of drug-likeness (QED) is 0.809. The van der Waals surface area contributed by atoms with Crippen LogP contribution in [0.2, 0.25) is 0 Å². The van der Waals surface area contributed by atoms with E-state index in [9.17, 15) is 0 Å². The molecule has 0 fully saturated rings. The maximum Gasteiger partial charge on any atom is 0.0784 e. The lowest BCUT2D eigenvalue weighted by molar-refractivity contribution is 0.286. The highest BCUT2D eigenvalue weighted by Gasteiger charge is 2.21. The molecule has 0 bridgehead atoms. The Morgan fingerprint density at radius 2 is 1.89 bits per heavy atom. The average molecular weight is 329 g/mol. The molecule has 1 aromatic carbocycles. The summed E-state index contributed by atoms with van der Waals surface area (Å²) in [4.78, 5) is 2.89. The van der Waals surface area contributed by atoms with Crippen molar-refractivity contribution in [1.29, 1.82) is 0 Å². The normalized spacial score (nSPS) is 11.8. The summed E-state index contributed by atoms with van der Waals surface area (Å²) in [6.45, 7) is 6.13. The number of benzene rings is 1. The fourth-order valence-corrected chi connectivity index (χ4v) is 1.94. The molecular formula is C14H21BrN2S. The van der Waals surface area contributed by atoms with E-state index >= 15 is 0 Å². The van der Waals surface area contributed by atoms with Gasteiger partial charge in [-0.05, 0) is 37.7 Å². The topological polar surface area (TPSA) is 29.3 Å². The lowest BCUT2D eigenvalue weighted by Crippen LogP contribution is -2.33. The van der Waals surface area contributed by atoms with Gasteiger partial charge < -0.3 is 10.6 Å². The third kappa shape index (κ3) is 5.04. The summed E-state index contributed by atoms with van der Waals surface area (Å²) in [5.74, 6) is 0. The van der Waals surface area contributed by atoms with Gasteiger partial charge in [0.05, 0.1) is 4.99 Å². The standard InChI is InChI=1S/C14H21BrN2S/c1-14(2,13(16)18)8-9-17(3)10-11-4-6-12(15)7-5-11/h4-7H,8-10H2,1-3H3,(H2,16,18). The molecule has 1 rings (SSSR count). The Hall–Kier alpha value is -0.450. The summed E-state index contributed by atoms with van der Waals surface area (Å²) in [6.07, 6.45) is 0.982. The Labute approximate surface area is 124 Å². The fourth-order valence-electron chi connectivity index (χ4n) is 1.57. The lowest BCUT2D eigenvalue weighted by Gasteiger charge is -2.26. The Kier molecular flexibility index (Phi) is 5.76. The Balaban J connectivity index is 2.45. The van der Waals surface area contributed by atoms with E-state index in [1.54, 1.807) is 0 Å². The zero-order valence-corrected chi connectivity index (χ0v) is 13.6. The molecular weight excluding hydrogens is 308 g/mol. The van der Waals surface area contributed by atoms with Gasteiger partial charge in [-0.3, -0.25) is 0 Å². The van der Waals surface area contributed by atoms with Crippen molar-refractivity contribution in [3.8, 4) is 0 Å². The minimum Gasteiger partial charge on any atom is -0.393 e. The number of thiocarbonyl (C=S) groups is 1. The van der Waals surface area contributed by atoms with Gasteiger partial charge in [-0.2, -0.15) is 0 Å². The Morgan fingerprint density at radius 1 is 1.33 bits per heavy atom. The smallest absolute Gasteiger partial charge is 0.0784 e. The fraction of sp³-hybridized carbons (Fsp3) is 0.500. The van der Waals surface area contributed by atoms with Gasteiger partial charge in [0.15, 0.2) is 0 Å². The zero-order chi connectivity index (χ0) is 13.8. The number of halogens is 1. The molecule has 0 aromatic heterocycles. The second-order valence-electron chi connectivity index (χ2n) is 5.36. The Morgan fingerprint density at radius 3 is 2.39 bits per heavy atom. The summed E-state index contributed by atoms with van der Waals surface area (Å²) in [5, 5.41) is 0. The molecule has 0 aliphatic heterocycles. The van der Waals surface area contributed by atoms with E-state index in [2.05, 4.69) is 66.0 Å². The molecule has 0 heterocycles. The summed E-state index contributed by atoms with van der Waals surface area (Å²) in [7, 11) is 2.12. The third-order valence-corrected chi connectivity index (χ3v) is 4.23. The van der Waals surface area contributed by atoms with Crippen molar-refractivity contribution in [1.82, 2.24) is 4.90 Å². The van der Waals surface area contributed by atoms with Crippen molar-refractivity contribution in [3.63, 3.8) is 0 Å². The van der Waals surface area contributed by atoms with E-state index in [-0.39, 0.29) is 5.41 Å². The average Bonchev–Trinajstić information content (AvgIpc) is 2.29. The van der Waals surface area contributed by atoms with Crippen LogP contribution < -0.4 is 5.73 Å². The maximum absolute atomic E-state index is 5.73. The zero-order valence-electron chi connectivity index (χ0n) is 11.2. The van der Waals surface area contributed by atoms with Crippen LogP contribution in [-0.4, -0.2) is 23.5 Å². The van der Waals surface area contributed by atoms with Crippen molar-refractivity contribution < 1.29 is 0 Å². The maximum atomic E-state index is 5.73. The van der Waals surface area contributed by atoms with E-state index in [1.807, 2.05) is 0 Å². The van der Waals surface area contributed by atoms with Crippen LogP contribution in [0.4, 0.5) is 0 Å². The van der Waals surface area contributed by atoms with Crippen LogP contribution in [0.1, 0.15) is 25.8 Å². The first-order chi connectivity index (χ1) is 8.31. The van der Waals surface area contributed by atoms with Crippen LogP contribution in [0.3, 0.4) is 0 Å². The molecule has 0 atom stereocenters. The molecule has 2 nitrogen and oxygen atoms in total. The number of hydrogen-bond acceptors (Lipinski definition) is 2. The van der Waals surface area contributed by atoms with E-state index in [1.165, 1.54) is 5.56 Å². The van der Waals surface area contributed by atoms with Gasteiger partial charge in [0.25, 0.3) is 0 Å². The molecule has 0 aliphatic carbocycles. The molecule has 2 N–H and O–H groups in total. The van der Waals surface area contributed by atoms with Gasteiger partial charge in [-0.15, -0.1) is 0 Å². The van der Waals surface area contributed by atoms with Crippen molar-refractivity contribution in [2.45, 2.75) is 26.8 Å². The first kappa shape index (κ1) is 15.6. The summed E-state index contributed by atoms with van der Waals surface area (Å²) in [6, 6.07) is 8.42. The van der Waals surface area contributed by atoms with E-state index in [0.29, 0.717) is 4.99 Å². The van der Waals surface area contributed by atoms with Crippen molar-refractivity contribution >= 4 is 33.1 Å². The monoisotopic (exact) mass is 328 g/mol. The number of nitrogens with zero attached hydrogens (tertiary/aromatic N) is 1. The molecule has 1 aromatic rings. The molecule has 18 heavy (non-hydrogen) atoms. The molecule has 4 heteroatoms. The van der Waals surface area contributed by atoms with Gasteiger partial charge in [-0.1, -0.05) is 54.1 Å². The molecule has 0 unspecified atom stereocenters. The molecule has 0 radical (unpaired) electrons. The first-order valence-corrected chi connectivity index (χ1v) is 7.24. The van der Waals surface area contributed by atoms with Crippen LogP contribution in [0.25, 0.3) is 0 Å². The van der Waals surface area contributed by atoms with Crippen molar-refractivity contribution in [2.75, 3.05) is 13.6 Å². The number of rotatable bonds is 6. The predicted molar refractivity (Wildman–Crippen MR) is 85.7 cm³/mol. The van der Waals surface area contributed by atoms with Gasteiger partial charge in [0.2, 0.25) is 0 Å². The van der Waals surface area contributed by atoms with Gasteiger partial charge >= 0.3 is 0 Å². The van der Waals surface area contributed by atoms with Crippen LogP contribution >= 0.6 is 28.1 Å². The Bertz CT molecular complexity index is 401. The van der Waals surface area contributed by atoms with Gasteiger partial charge in [0, 0.05) is 16.4 Å². The van der Waals surface area contributed by atoms with E-state index in [4.69, 9.17) is 18.0 Å². The minimum absolute atomic E-state index is 0.0662. The van der Waals surface area contributed by atoms with E-state index in [0.717, 1.165) is 24.0 Å². The molecule has 0 aliphatic rings. The first-order valence-electron chi connectivity index (χ1n) is 6.04. The van der Waals surface area contributed by atoms with Crippen molar-refractivity contribution in [2.24, 2.45) is 11.1 Å². The van der Waals surface area contributed by atoms with Gasteiger partial charge in [0.1, 0.15) is 0 Å². The second-order valence-corrected chi connectivity index (χ2v) is 6.72. The highest BCUT2D eigenvalue weighted by atomic mass is 79.9. The minimum atomic E-state index is -0.0662. The van der Waals surface area contributed by atoms with Crippen LogP contribution in [-0.2, 0) is 6.54 Å². The molecule has 0 amide bonds. The predicted octanol–water partition coefficient (Wildman–Crippen LogP) is 3.58. The largest absolute Gasteiger partial charge is 0.393 e. The summed E-state index contributed by atoms with van der Waals surface area (Å²) in [5.41, 5.74) is 6.98. The van der Waals surface area contributed by atoms with E-state index < -0.39 is 0 Å². The van der Waals surface area contributed by atoms with Crippen molar-refractivity contribution in [3.05, 3.63) is 34.3 Å². The third-order valence-electron chi connectivity index (χ3n) is 3.15. The molecule has 0 saturated heterocycles. The molecule has 0 spiro atoms. The SMILES string of the molecule is CN(CCC(C)(C)C(N)=S)Cc1ccc(Br)cc1.